The molecule has 0 aliphatic heterocycles. The summed E-state index contributed by atoms with van der Waals surface area (Å²) < 4.78 is 43.0. The fourth-order valence-electron chi connectivity index (χ4n) is 0.560. The van der Waals surface area contributed by atoms with Crippen molar-refractivity contribution in [2.45, 2.75) is 32.9 Å². The molecule has 0 spiro atoms. The molecule has 0 aromatic heterocycles. The first-order valence-electron chi connectivity index (χ1n) is 3.87. The van der Waals surface area contributed by atoms with Gasteiger partial charge in [-0.1, -0.05) is 13.5 Å². The van der Waals surface area contributed by atoms with Crippen LogP contribution < -0.4 is 0 Å². The van der Waals surface area contributed by atoms with Gasteiger partial charge in [0.05, 0.1) is 0 Å². The van der Waals surface area contributed by atoms with E-state index in [1.54, 1.807) is 0 Å². The topological polar surface area (TPSA) is 35.5 Å². The van der Waals surface area contributed by atoms with Crippen molar-refractivity contribution in [2.75, 3.05) is 0 Å². The number of carbonyl (C=O) groups is 1. The normalized spacial score (nSPS) is 13.5. The van der Waals surface area contributed by atoms with Crippen LogP contribution in [0.2, 0.25) is 0 Å². The second kappa shape index (κ2) is 4.99. The van der Waals surface area contributed by atoms with Crippen molar-refractivity contribution in [3.8, 4) is 0 Å². The van der Waals surface area contributed by atoms with Crippen molar-refractivity contribution in [1.82, 2.24) is 0 Å². The van der Waals surface area contributed by atoms with Gasteiger partial charge in [-0.2, -0.15) is 0 Å². The van der Waals surface area contributed by atoms with E-state index in [9.17, 15) is 18.0 Å². The minimum Gasteiger partial charge on any atom is -0.432 e. The van der Waals surface area contributed by atoms with E-state index in [0.29, 0.717) is 0 Å². The lowest BCUT2D eigenvalue weighted by molar-refractivity contribution is -0.372. The van der Waals surface area contributed by atoms with Crippen LogP contribution in [0.1, 0.15) is 20.3 Å². The Hall–Kier alpha value is -1.04. The molecule has 0 aliphatic rings. The Morgan fingerprint density at radius 1 is 1.50 bits per heavy atom. The minimum atomic E-state index is -4.81. The van der Waals surface area contributed by atoms with Crippen molar-refractivity contribution in [3.63, 3.8) is 0 Å². The van der Waals surface area contributed by atoms with E-state index in [2.05, 4.69) is 16.1 Å². The molecule has 0 fully saturated rings. The minimum absolute atomic E-state index is 0.0224. The lowest BCUT2D eigenvalue weighted by Gasteiger charge is -2.17. The van der Waals surface area contributed by atoms with Gasteiger partial charge < -0.3 is 4.74 Å². The molecule has 0 rings (SSSR count). The average molecular weight is 212 g/mol. The van der Waals surface area contributed by atoms with Crippen LogP contribution in [0.3, 0.4) is 0 Å². The summed E-state index contributed by atoms with van der Waals surface area (Å²) in [5.41, 5.74) is 0.0224. The quantitative estimate of drug-likeness (QED) is 0.407. The Morgan fingerprint density at radius 3 is 2.29 bits per heavy atom. The third kappa shape index (κ3) is 5.58. The molecule has 1 atom stereocenters. The van der Waals surface area contributed by atoms with Gasteiger partial charge in [0.15, 0.2) is 0 Å². The molecule has 82 valence electrons. The summed E-state index contributed by atoms with van der Waals surface area (Å²) in [6.07, 6.45) is -6.51. The molecule has 0 saturated carbocycles. The largest absolute Gasteiger partial charge is 0.525 e. The molecule has 0 radical (unpaired) electrons. The Labute approximate surface area is 79.5 Å². The van der Waals surface area contributed by atoms with Crippen LogP contribution in [-0.2, 0) is 14.3 Å². The van der Waals surface area contributed by atoms with Gasteiger partial charge in [-0.3, -0.25) is 4.74 Å². The maximum atomic E-state index is 11.7. The molecule has 6 heteroatoms. The monoisotopic (exact) mass is 212 g/mol. The fraction of sp³-hybridized carbons (Fsp3) is 0.625. The standard InChI is InChI=1S/C8H11F3O3/c1-4-6(14-8(9,10)11)13-7(12)5(2)3/h6H,2,4H2,1,3H3. The first kappa shape index (κ1) is 13.0. The second-order valence-electron chi connectivity index (χ2n) is 2.59. The van der Waals surface area contributed by atoms with E-state index in [4.69, 9.17) is 0 Å². The Morgan fingerprint density at radius 2 is 2.00 bits per heavy atom. The van der Waals surface area contributed by atoms with E-state index in [-0.39, 0.29) is 12.0 Å². The fourth-order valence-corrected chi connectivity index (χ4v) is 0.560. The van der Waals surface area contributed by atoms with Crippen molar-refractivity contribution in [2.24, 2.45) is 0 Å². The van der Waals surface area contributed by atoms with E-state index in [1.165, 1.54) is 13.8 Å². The van der Waals surface area contributed by atoms with Gasteiger partial charge in [-0.15, -0.1) is 13.2 Å². The van der Waals surface area contributed by atoms with E-state index in [1.807, 2.05) is 0 Å². The second-order valence-corrected chi connectivity index (χ2v) is 2.59. The summed E-state index contributed by atoms with van der Waals surface area (Å²) in [5, 5.41) is 0. The molecule has 0 N–H and O–H groups in total. The Balaban J connectivity index is 4.17. The van der Waals surface area contributed by atoms with Gasteiger partial charge in [0.2, 0.25) is 6.29 Å². The lowest BCUT2D eigenvalue weighted by atomic mass is 10.3. The molecule has 0 amide bonds. The summed E-state index contributed by atoms with van der Waals surface area (Å²) in [7, 11) is 0. The molecule has 0 aliphatic carbocycles. The van der Waals surface area contributed by atoms with Crippen molar-refractivity contribution < 1.29 is 27.4 Å². The highest BCUT2D eigenvalue weighted by molar-refractivity contribution is 5.86. The van der Waals surface area contributed by atoms with Crippen LogP contribution in [0.4, 0.5) is 13.2 Å². The molecular formula is C8H11F3O3. The zero-order chi connectivity index (χ0) is 11.4. The number of ether oxygens (including phenoxy) is 2. The molecule has 0 saturated heterocycles. The summed E-state index contributed by atoms with van der Waals surface area (Å²) >= 11 is 0. The molecule has 14 heavy (non-hydrogen) atoms. The van der Waals surface area contributed by atoms with Crippen LogP contribution >= 0.6 is 0 Å². The number of hydrogen-bond donors (Lipinski definition) is 0. The zero-order valence-electron chi connectivity index (χ0n) is 7.85. The first-order chi connectivity index (χ1) is 6.26. The summed E-state index contributed by atoms with van der Waals surface area (Å²) in [4.78, 5) is 10.8. The summed E-state index contributed by atoms with van der Waals surface area (Å²) in [6.45, 7) is 5.97. The van der Waals surface area contributed by atoms with Crippen LogP contribution in [-0.4, -0.2) is 18.6 Å². The summed E-state index contributed by atoms with van der Waals surface area (Å²) in [6, 6.07) is 0. The number of alkyl halides is 3. The Bertz CT molecular complexity index is 222. The van der Waals surface area contributed by atoms with Gasteiger partial charge in [0.25, 0.3) is 0 Å². The van der Waals surface area contributed by atoms with Gasteiger partial charge in [-0.25, -0.2) is 4.79 Å². The molecule has 0 aromatic carbocycles. The predicted molar refractivity (Wildman–Crippen MR) is 42.1 cm³/mol. The number of hydrogen-bond acceptors (Lipinski definition) is 3. The van der Waals surface area contributed by atoms with Crippen LogP contribution in [0.25, 0.3) is 0 Å². The van der Waals surface area contributed by atoms with E-state index >= 15 is 0 Å². The number of rotatable bonds is 4. The molecule has 0 heterocycles. The third-order valence-electron chi connectivity index (χ3n) is 1.19. The van der Waals surface area contributed by atoms with Gasteiger partial charge in [-0.05, 0) is 6.92 Å². The van der Waals surface area contributed by atoms with E-state index in [0.717, 1.165) is 0 Å². The van der Waals surface area contributed by atoms with E-state index < -0.39 is 18.6 Å². The molecule has 1 unspecified atom stereocenters. The molecule has 3 nitrogen and oxygen atoms in total. The van der Waals surface area contributed by atoms with Gasteiger partial charge >= 0.3 is 12.3 Å². The lowest BCUT2D eigenvalue weighted by Crippen LogP contribution is -2.28. The maximum Gasteiger partial charge on any atom is 0.525 e. The first-order valence-corrected chi connectivity index (χ1v) is 3.87. The number of carbonyl (C=O) groups excluding carboxylic acids is 1. The van der Waals surface area contributed by atoms with Gasteiger partial charge in [0, 0.05) is 12.0 Å². The SMILES string of the molecule is C=C(C)C(=O)OC(CC)OC(F)(F)F. The molecular weight excluding hydrogens is 201 g/mol. The smallest absolute Gasteiger partial charge is 0.432 e. The van der Waals surface area contributed by atoms with Crippen molar-refractivity contribution in [3.05, 3.63) is 12.2 Å². The number of halogens is 3. The van der Waals surface area contributed by atoms with Crippen LogP contribution in [0.5, 0.6) is 0 Å². The zero-order valence-corrected chi connectivity index (χ0v) is 7.85. The van der Waals surface area contributed by atoms with Gasteiger partial charge in [0.1, 0.15) is 0 Å². The van der Waals surface area contributed by atoms with Crippen molar-refractivity contribution in [1.29, 1.82) is 0 Å². The number of esters is 1. The van der Waals surface area contributed by atoms with Crippen LogP contribution in [0, 0.1) is 0 Å². The average Bonchev–Trinajstić information content (AvgIpc) is 2.00. The highest BCUT2D eigenvalue weighted by atomic mass is 19.4. The third-order valence-corrected chi connectivity index (χ3v) is 1.19. The van der Waals surface area contributed by atoms with Crippen LogP contribution in [0.15, 0.2) is 12.2 Å². The summed E-state index contributed by atoms with van der Waals surface area (Å²) in [5.74, 6) is -0.902. The Kier molecular flexibility index (Phi) is 4.62. The highest BCUT2D eigenvalue weighted by Gasteiger charge is 2.34. The predicted octanol–water partition coefficient (Wildman–Crippen LogP) is 2.38. The molecule has 0 bridgehead atoms. The maximum absolute atomic E-state index is 11.7. The highest BCUT2D eigenvalue weighted by Crippen LogP contribution is 2.21. The van der Waals surface area contributed by atoms with Crippen molar-refractivity contribution >= 4 is 5.97 Å². The molecule has 0 aromatic rings.